The van der Waals surface area contributed by atoms with E-state index < -0.39 is 0 Å². The van der Waals surface area contributed by atoms with E-state index in [1.54, 1.807) is 11.9 Å². The van der Waals surface area contributed by atoms with Gasteiger partial charge in [-0.15, -0.1) is 0 Å². The molecule has 0 atom stereocenters. The molecule has 0 aliphatic carbocycles. The van der Waals surface area contributed by atoms with Gasteiger partial charge in [0, 0.05) is 11.3 Å². The van der Waals surface area contributed by atoms with E-state index in [1.807, 2.05) is 25.1 Å². The van der Waals surface area contributed by atoms with E-state index in [-0.39, 0.29) is 0 Å². The summed E-state index contributed by atoms with van der Waals surface area (Å²) >= 11 is 1.70. The van der Waals surface area contributed by atoms with Crippen molar-refractivity contribution < 1.29 is 0 Å². The minimum Gasteiger partial charge on any atom is -0.329 e. The van der Waals surface area contributed by atoms with Crippen molar-refractivity contribution in [1.82, 2.24) is 0 Å². The first-order chi connectivity index (χ1) is 8.77. The Balaban J connectivity index is 1.97. The highest BCUT2D eigenvalue weighted by atomic mass is 32.2. The van der Waals surface area contributed by atoms with Gasteiger partial charge in [-0.1, -0.05) is 55.1 Å². The van der Waals surface area contributed by atoms with Crippen LogP contribution in [0.25, 0.3) is 5.57 Å². The quantitative estimate of drug-likeness (QED) is 0.756. The van der Waals surface area contributed by atoms with E-state index in [0.717, 1.165) is 17.0 Å². The first-order valence-corrected chi connectivity index (χ1v) is 6.92. The van der Waals surface area contributed by atoms with Gasteiger partial charge in [0.2, 0.25) is 0 Å². The van der Waals surface area contributed by atoms with Crippen molar-refractivity contribution in [2.45, 2.75) is 12.7 Å². The lowest BCUT2D eigenvalue weighted by atomic mass is 10.1. The number of rotatable bonds is 5. The molecule has 1 nitrogen and oxygen atoms in total. The number of para-hydroxylation sites is 1. The molecule has 0 aliphatic heterocycles. The van der Waals surface area contributed by atoms with Crippen molar-refractivity contribution in [3.8, 4) is 0 Å². The van der Waals surface area contributed by atoms with Gasteiger partial charge in [-0.2, -0.15) is 0 Å². The van der Waals surface area contributed by atoms with Gasteiger partial charge in [0.05, 0.1) is 5.69 Å². The van der Waals surface area contributed by atoms with Gasteiger partial charge in [-0.05, 0) is 36.1 Å². The molecule has 0 unspecified atom stereocenters. The maximum atomic E-state index is 4.00. The summed E-state index contributed by atoms with van der Waals surface area (Å²) in [6, 6.07) is 18.7. The molecule has 2 aromatic carbocycles. The molecule has 0 saturated heterocycles. The average molecular weight is 255 g/mol. The molecule has 92 valence electrons. The lowest BCUT2D eigenvalue weighted by Gasteiger charge is -2.11. The summed E-state index contributed by atoms with van der Waals surface area (Å²) in [5.41, 5.74) is 4.71. The fourth-order valence-electron chi connectivity index (χ4n) is 1.72. The maximum absolute atomic E-state index is 4.00. The molecule has 0 amide bonds. The van der Waals surface area contributed by atoms with Crippen LogP contribution in [0.4, 0.5) is 5.69 Å². The zero-order valence-corrected chi connectivity index (χ0v) is 11.3. The van der Waals surface area contributed by atoms with E-state index >= 15 is 0 Å². The Morgan fingerprint density at radius 3 is 2.44 bits per heavy atom. The Hall–Kier alpha value is -1.67. The van der Waals surface area contributed by atoms with Gasteiger partial charge in [-0.25, -0.2) is 0 Å². The van der Waals surface area contributed by atoms with Gasteiger partial charge < -0.3 is 4.72 Å². The summed E-state index contributed by atoms with van der Waals surface area (Å²) in [6.07, 6.45) is 0. The number of nitrogens with one attached hydrogen (secondary N) is 1. The average Bonchev–Trinajstić information content (AvgIpc) is 2.40. The number of allylic oxidation sites excluding steroid dienone is 1. The molecular formula is C16H17NS. The van der Waals surface area contributed by atoms with Crippen molar-refractivity contribution in [3.05, 3.63) is 72.3 Å². The molecule has 2 heteroatoms. The second-order valence-corrected chi connectivity index (χ2v) is 4.98. The summed E-state index contributed by atoms with van der Waals surface area (Å²) in [5.74, 6) is 0.950. The molecule has 0 saturated carbocycles. The summed E-state index contributed by atoms with van der Waals surface area (Å²) in [7, 11) is 0. The van der Waals surface area contributed by atoms with Gasteiger partial charge in [0.25, 0.3) is 0 Å². The Morgan fingerprint density at radius 1 is 1.06 bits per heavy atom. The Morgan fingerprint density at radius 2 is 1.72 bits per heavy atom. The largest absolute Gasteiger partial charge is 0.329 e. The van der Waals surface area contributed by atoms with Gasteiger partial charge in [0.1, 0.15) is 0 Å². The summed E-state index contributed by atoms with van der Waals surface area (Å²) in [4.78, 5) is 0. The van der Waals surface area contributed by atoms with Crippen LogP contribution in [-0.4, -0.2) is 0 Å². The summed E-state index contributed by atoms with van der Waals surface area (Å²) < 4.78 is 3.40. The molecule has 0 spiro atoms. The monoisotopic (exact) mass is 255 g/mol. The third-order valence-corrected chi connectivity index (χ3v) is 3.49. The molecule has 2 aromatic rings. The van der Waals surface area contributed by atoms with Crippen molar-refractivity contribution in [1.29, 1.82) is 0 Å². The van der Waals surface area contributed by atoms with E-state index in [0.29, 0.717) is 0 Å². The predicted octanol–water partition coefficient (Wildman–Crippen LogP) is 4.98. The Kier molecular flexibility index (Phi) is 4.48. The standard InChI is InChI=1S/C16H17NS/c1-13(2)15-10-6-7-11-16(15)17-18-12-14-8-4-3-5-9-14/h3-11,17H,1,12H2,2H3. The van der Waals surface area contributed by atoms with E-state index in [9.17, 15) is 0 Å². The molecule has 1 N–H and O–H groups in total. The van der Waals surface area contributed by atoms with Crippen LogP contribution in [-0.2, 0) is 5.75 Å². The highest BCUT2D eigenvalue weighted by Gasteiger charge is 2.01. The molecule has 18 heavy (non-hydrogen) atoms. The molecule has 0 aliphatic rings. The number of benzene rings is 2. The maximum Gasteiger partial charge on any atom is 0.0515 e. The van der Waals surface area contributed by atoms with Crippen LogP contribution in [0.1, 0.15) is 18.1 Å². The van der Waals surface area contributed by atoms with Gasteiger partial charge in [-0.3, -0.25) is 0 Å². The molecule has 0 heterocycles. The number of anilines is 1. The molecule has 0 radical (unpaired) electrons. The first-order valence-electron chi connectivity index (χ1n) is 5.94. The molecule has 0 aromatic heterocycles. The highest BCUT2D eigenvalue weighted by molar-refractivity contribution is 7.99. The van der Waals surface area contributed by atoms with Crippen LogP contribution in [0.5, 0.6) is 0 Å². The fourth-order valence-corrected chi connectivity index (χ4v) is 2.48. The summed E-state index contributed by atoms with van der Waals surface area (Å²) in [5, 5.41) is 0. The van der Waals surface area contributed by atoms with Crippen LogP contribution in [0.3, 0.4) is 0 Å². The van der Waals surface area contributed by atoms with E-state index in [1.165, 1.54) is 11.1 Å². The minimum atomic E-state index is 0.950. The second-order valence-electron chi connectivity index (χ2n) is 4.20. The van der Waals surface area contributed by atoms with Crippen molar-refractivity contribution >= 4 is 23.2 Å². The number of hydrogen-bond acceptors (Lipinski definition) is 2. The zero-order chi connectivity index (χ0) is 12.8. The second kappa shape index (κ2) is 6.31. The zero-order valence-electron chi connectivity index (χ0n) is 10.5. The van der Waals surface area contributed by atoms with Gasteiger partial charge >= 0.3 is 0 Å². The fraction of sp³-hybridized carbons (Fsp3) is 0.125. The highest BCUT2D eigenvalue weighted by Crippen LogP contribution is 2.25. The van der Waals surface area contributed by atoms with Crippen molar-refractivity contribution in [3.63, 3.8) is 0 Å². The molecule has 2 rings (SSSR count). The lowest BCUT2D eigenvalue weighted by molar-refractivity contribution is 1.42. The van der Waals surface area contributed by atoms with E-state index in [4.69, 9.17) is 0 Å². The Labute approximate surface area is 113 Å². The van der Waals surface area contributed by atoms with Crippen LogP contribution in [0.2, 0.25) is 0 Å². The number of hydrogen-bond donors (Lipinski definition) is 1. The third kappa shape index (κ3) is 3.41. The van der Waals surface area contributed by atoms with Crippen molar-refractivity contribution in [2.75, 3.05) is 4.72 Å². The third-order valence-electron chi connectivity index (χ3n) is 2.65. The minimum absolute atomic E-state index is 0.950. The van der Waals surface area contributed by atoms with Crippen LogP contribution < -0.4 is 4.72 Å². The smallest absolute Gasteiger partial charge is 0.0515 e. The predicted molar refractivity (Wildman–Crippen MR) is 82.5 cm³/mol. The van der Waals surface area contributed by atoms with Crippen LogP contribution in [0, 0.1) is 0 Å². The first kappa shape index (κ1) is 12.8. The van der Waals surface area contributed by atoms with Crippen molar-refractivity contribution in [2.24, 2.45) is 0 Å². The normalized spacial score (nSPS) is 10.1. The van der Waals surface area contributed by atoms with Crippen LogP contribution >= 0.6 is 11.9 Å². The Bertz CT molecular complexity index is 520. The summed E-state index contributed by atoms with van der Waals surface area (Å²) in [6.45, 7) is 6.03. The molecular weight excluding hydrogens is 238 g/mol. The van der Waals surface area contributed by atoms with Gasteiger partial charge in [0.15, 0.2) is 0 Å². The molecule has 0 fully saturated rings. The lowest BCUT2D eigenvalue weighted by Crippen LogP contribution is -1.92. The molecule has 0 bridgehead atoms. The van der Waals surface area contributed by atoms with E-state index in [2.05, 4.69) is 47.7 Å². The topological polar surface area (TPSA) is 12.0 Å². The van der Waals surface area contributed by atoms with Crippen LogP contribution in [0.15, 0.2) is 61.2 Å². The SMILES string of the molecule is C=C(C)c1ccccc1NSCc1ccccc1.